The van der Waals surface area contributed by atoms with Crippen LogP contribution in [0.5, 0.6) is 0 Å². The lowest BCUT2D eigenvalue weighted by molar-refractivity contribution is 0.301. The van der Waals surface area contributed by atoms with Crippen LogP contribution in [0.15, 0.2) is 35.2 Å². The molecule has 0 aliphatic heterocycles. The minimum atomic E-state index is 0.0333. The smallest absolute Gasteiger partial charge is 0.146 e. The van der Waals surface area contributed by atoms with E-state index in [0.717, 1.165) is 5.56 Å². The highest BCUT2D eigenvalue weighted by Gasteiger charge is 2.12. The first kappa shape index (κ1) is 12.6. The lowest BCUT2D eigenvalue weighted by Gasteiger charge is -2.23. The SMILES string of the molecule is N#Cc1cccnc1N(CCO)Cc1ccsc1. The second-order valence-corrected chi connectivity index (χ2v) is 4.54. The molecule has 0 unspecified atom stereocenters. The Morgan fingerprint density at radius 3 is 3.00 bits per heavy atom. The summed E-state index contributed by atoms with van der Waals surface area (Å²) >= 11 is 1.63. The Kier molecular flexibility index (Phi) is 4.29. The molecule has 0 aromatic carbocycles. The number of hydrogen-bond donors (Lipinski definition) is 1. The molecule has 0 saturated heterocycles. The van der Waals surface area contributed by atoms with Gasteiger partial charge >= 0.3 is 0 Å². The van der Waals surface area contributed by atoms with E-state index in [1.165, 1.54) is 0 Å². The van der Waals surface area contributed by atoms with E-state index in [1.54, 1.807) is 29.7 Å². The summed E-state index contributed by atoms with van der Waals surface area (Å²) in [5.74, 6) is 0.625. The predicted molar refractivity (Wildman–Crippen MR) is 71.4 cm³/mol. The summed E-state index contributed by atoms with van der Waals surface area (Å²) < 4.78 is 0. The molecule has 2 aromatic rings. The van der Waals surface area contributed by atoms with Crippen LogP contribution < -0.4 is 4.90 Å². The van der Waals surface area contributed by atoms with Crippen molar-refractivity contribution in [2.45, 2.75) is 6.54 Å². The van der Waals surface area contributed by atoms with Gasteiger partial charge in [0.05, 0.1) is 12.2 Å². The van der Waals surface area contributed by atoms with Crippen LogP contribution in [0.3, 0.4) is 0 Å². The fourth-order valence-electron chi connectivity index (χ4n) is 1.72. The quantitative estimate of drug-likeness (QED) is 0.892. The lowest BCUT2D eigenvalue weighted by atomic mass is 10.2. The number of nitrogens with zero attached hydrogens (tertiary/aromatic N) is 3. The van der Waals surface area contributed by atoms with Crippen molar-refractivity contribution in [2.24, 2.45) is 0 Å². The van der Waals surface area contributed by atoms with Gasteiger partial charge in [0.1, 0.15) is 11.9 Å². The number of aromatic nitrogens is 1. The zero-order valence-corrected chi connectivity index (χ0v) is 10.6. The minimum absolute atomic E-state index is 0.0333. The van der Waals surface area contributed by atoms with Gasteiger partial charge in [0, 0.05) is 19.3 Å². The number of thiophene rings is 1. The first-order valence-electron chi connectivity index (χ1n) is 5.57. The number of aliphatic hydroxyl groups is 1. The van der Waals surface area contributed by atoms with Crippen molar-refractivity contribution in [3.8, 4) is 6.07 Å². The maximum Gasteiger partial charge on any atom is 0.146 e. The van der Waals surface area contributed by atoms with Crippen molar-refractivity contribution in [3.63, 3.8) is 0 Å². The van der Waals surface area contributed by atoms with Gasteiger partial charge in [-0.25, -0.2) is 4.98 Å². The third-order valence-electron chi connectivity index (χ3n) is 2.53. The number of hydrogen-bond acceptors (Lipinski definition) is 5. The Morgan fingerprint density at radius 1 is 1.44 bits per heavy atom. The zero-order valence-electron chi connectivity index (χ0n) is 9.78. The third kappa shape index (κ3) is 2.86. The molecule has 0 spiro atoms. The van der Waals surface area contributed by atoms with Crippen LogP contribution in [0.25, 0.3) is 0 Å². The molecule has 2 heterocycles. The Labute approximate surface area is 110 Å². The van der Waals surface area contributed by atoms with Crippen LogP contribution in [0.1, 0.15) is 11.1 Å². The summed E-state index contributed by atoms with van der Waals surface area (Å²) in [7, 11) is 0. The molecule has 0 atom stereocenters. The van der Waals surface area contributed by atoms with E-state index >= 15 is 0 Å². The molecule has 0 radical (unpaired) electrons. The standard InChI is InChI=1S/C13H13N3OS/c14-8-12-2-1-4-15-13(12)16(5-6-17)9-11-3-7-18-10-11/h1-4,7,10,17H,5-6,9H2. The van der Waals surface area contributed by atoms with Crippen LogP contribution in [0.2, 0.25) is 0 Å². The van der Waals surface area contributed by atoms with E-state index in [4.69, 9.17) is 10.4 Å². The maximum absolute atomic E-state index is 9.14. The molecule has 2 aromatic heterocycles. The second-order valence-electron chi connectivity index (χ2n) is 3.76. The van der Waals surface area contributed by atoms with E-state index in [1.807, 2.05) is 16.3 Å². The van der Waals surface area contributed by atoms with Crippen LogP contribution in [-0.2, 0) is 6.54 Å². The Morgan fingerprint density at radius 2 is 2.33 bits per heavy atom. The highest BCUT2D eigenvalue weighted by atomic mass is 32.1. The number of pyridine rings is 1. The molecule has 0 aliphatic carbocycles. The number of aliphatic hydroxyl groups excluding tert-OH is 1. The fraction of sp³-hybridized carbons (Fsp3) is 0.231. The monoisotopic (exact) mass is 259 g/mol. The van der Waals surface area contributed by atoms with Gasteiger partial charge in [0.15, 0.2) is 0 Å². The van der Waals surface area contributed by atoms with E-state index in [-0.39, 0.29) is 6.61 Å². The predicted octanol–water partition coefficient (Wildman–Crippen LogP) is 2.01. The molecule has 18 heavy (non-hydrogen) atoms. The lowest BCUT2D eigenvalue weighted by Crippen LogP contribution is -2.27. The molecular formula is C13H13N3OS. The van der Waals surface area contributed by atoms with Gasteiger partial charge < -0.3 is 10.0 Å². The highest BCUT2D eigenvalue weighted by molar-refractivity contribution is 7.07. The molecule has 5 heteroatoms. The van der Waals surface area contributed by atoms with Crippen LogP contribution in [0, 0.1) is 11.3 Å². The van der Waals surface area contributed by atoms with E-state index in [0.29, 0.717) is 24.5 Å². The average Bonchev–Trinajstić information content (AvgIpc) is 2.91. The van der Waals surface area contributed by atoms with Gasteiger partial charge in [-0.1, -0.05) is 0 Å². The topological polar surface area (TPSA) is 60.2 Å². The summed E-state index contributed by atoms with van der Waals surface area (Å²) in [4.78, 5) is 6.16. The second kappa shape index (κ2) is 6.15. The molecular weight excluding hydrogens is 246 g/mol. The average molecular weight is 259 g/mol. The van der Waals surface area contributed by atoms with Crippen molar-refractivity contribution in [1.82, 2.24) is 4.98 Å². The van der Waals surface area contributed by atoms with E-state index in [9.17, 15) is 0 Å². The number of rotatable bonds is 5. The van der Waals surface area contributed by atoms with Gasteiger partial charge in [0.2, 0.25) is 0 Å². The zero-order chi connectivity index (χ0) is 12.8. The number of anilines is 1. The van der Waals surface area contributed by atoms with Gasteiger partial charge in [0.25, 0.3) is 0 Å². The molecule has 92 valence electrons. The largest absolute Gasteiger partial charge is 0.395 e. The van der Waals surface area contributed by atoms with Crippen molar-refractivity contribution in [2.75, 3.05) is 18.1 Å². The van der Waals surface area contributed by atoms with Gasteiger partial charge in [-0.2, -0.15) is 16.6 Å². The van der Waals surface area contributed by atoms with Gasteiger partial charge in [-0.15, -0.1) is 0 Å². The molecule has 1 N–H and O–H groups in total. The van der Waals surface area contributed by atoms with Crippen LogP contribution >= 0.6 is 11.3 Å². The third-order valence-corrected chi connectivity index (χ3v) is 3.26. The van der Waals surface area contributed by atoms with Crippen molar-refractivity contribution < 1.29 is 5.11 Å². The normalized spacial score (nSPS) is 10.0. The fourth-order valence-corrected chi connectivity index (χ4v) is 2.38. The van der Waals surface area contributed by atoms with Gasteiger partial charge in [-0.3, -0.25) is 0 Å². The molecule has 0 amide bonds. The molecule has 0 aliphatic rings. The summed E-state index contributed by atoms with van der Waals surface area (Å²) in [6.07, 6.45) is 1.66. The minimum Gasteiger partial charge on any atom is -0.395 e. The molecule has 2 rings (SSSR count). The Balaban J connectivity index is 2.27. The number of nitriles is 1. The molecule has 0 saturated carbocycles. The Bertz CT molecular complexity index is 533. The van der Waals surface area contributed by atoms with Gasteiger partial charge in [-0.05, 0) is 34.5 Å². The first-order valence-corrected chi connectivity index (χ1v) is 6.51. The van der Waals surface area contributed by atoms with Crippen molar-refractivity contribution in [3.05, 3.63) is 46.3 Å². The molecule has 4 nitrogen and oxygen atoms in total. The summed E-state index contributed by atoms with van der Waals surface area (Å²) in [6, 6.07) is 7.64. The molecule has 0 bridgehead atoms. The Hall–Kier alpha value is -1.90. The maximum atomic E-state index is 9.14. The molecule has 0 fully saturated rings. The van der Waals surface area contributed by atoms with E-state index in [2.05, 4.69) is 16.4 Å². The summed E-state index contributed by atoms with van der Waals surface area (Å²) in [6.45, 7) is 1.14. The van der Waals surface area contributed by atoms with Crippen LogP contribution in [-0.4, -0.2) is 23.2 Å². The first-order chi connectivity index (χ1) is 8.85. The summed E-state index contributed by atoms with van der Waals surface area (Å²) in [5, 5.41) is 22.3. The van der Waals surface area contributed by atoms with Crippen molar-refractivity contribution in [1.29, 1.82) is 5.26 Å². The highest BCUT2D eigenvalue weighted by Crippen LogP contribution is 2.19. The van der Waals surface area contributed by atoms with E-state index < -0.39 is 0 Å². The van der Waals surface area contributed by atoms with Crippen molar-refractivity contribution >= 4 is 17.2 Å². The summed E-state index contributed by atoms with van der Waals surface area (Å²) in [5.41, 5.74) is 1.68. The van der Waals surface area contributed by atoms with Crippen LogP contribution in [0.4, 0.5) is 5.82 Å².